The first-order valence-corrected chi connectivity index (χ1v) is 7.21. The molecule has 0 aliphatic carbocycles. The molecule has 0 bridgehead atoms. The van der Waals surface area contributed by atoms with Crippen molar-refractivity contribution >= 4 is 17.9 Å². The van der Waals surface area contributed by atoms with Gasteiger partial charge in [0.15, 0.2) is 0 Å². The second-order valence-electron chi connectivity index (χ2n) is 5.02. The average Bonchev–Trinajstić information content (AvgIpc) is 2.59. The summed E-state index contributed by atoms with van der Waals surface area (Å²) < 4.78 is 9.98. The normalized spacial score (nSPS) is 10.0. The predicted molar refractivity (Wildman–Crippen MR) is 85.1 cm³/mol. The number of aryl methyl sites for hydroxylation is 1. The van der Waals surface area contributed by atoms with Crippen molar-refractivity contribution < 1.29 is 29.0 Å². The molecule has 124 valence electrons. The molecule has 0 aromatic heterocycles. The van der Waals surface area contributed by atoms with Crippen LogP contribution >= 0.6 is 0 Å². The van der Waals surface area contributed by atoms with Crippen LogP contribution in [0.2, 0.25) is 0 Å². The molecule has 6 heteroatoms. The molecule has 0 unspecified atom stereocenters. The third kappa shape index (κ3) is 4.67. The summed E-state index contributed by atoms with van der Waals surface area (Å²) in [7, 11) is 0. The van der Waals surface area contributed by atoms with Crippen LogP contribution in [-0.2, 0) is 9.47 Å². The van der Waals surface area contributed by atoms with E-state index in [0.29, 0.717) is 5.56 Å². The molecule has 2 aromatic carbocycles. The van der Waals surface area contributed by atoms with Gasteiger partial charge in [-0.1, -0.05) is 17.7 Å². The Kier molecular flexibility index (Phi) is 5.68. The van der Waals surface area contributed by atoms with Crippen LogP contribution in [0.25, 0.3) is 0 Å². The van der Waals surface area contributed by atoms with Gasteiger partial charge in [-0.05, 0) is 43.3 Å². The fourth-order valence-electron chi connectivity index (χ4n) is 1.87. The molecule has 6 nitrogen and oxygen atoms in total. The van der Waals surface area contributed by atoms with Crippen molar-refractivity contribution in [3.05, 3.63) is 70.8 Å². The first kappa shape index (κ1) is 17.2. The molecule has 0 aliphatic heterocycles. The SMILES string of the molecule is Cc1ccc(C(=O)OCCOC(=O)c2ccc(C(=O)O)cc2)cc1. The standard InChI is InChI=1S/C18H16O6/c1-12-2-4-14(5-3-12)17(21)23-10-11-24-18(22)15-8-6-13(7-9-15)16(19)20/h2-9H,10-11H2,1H3,(H,19,20). The monoisotopic (exact) mass is 328 g/mol. The summed E-state index contributed by atoms with van der Waals surface area (Å²) >= 11 is 0. The molecule has 0 amide bonds. The lowest BCUT2D eigenvalue weighted by atomic mass is 10.1. The van der Waals surface area contributed by atoms with Crippen molar-refractivity contribution in [1.29, 1.82) is 0 Å². The van der Waals surface area contributed by atoms with Crippen LogP contribution < -0.4 is 0 Å². The van der Waals surface area contributed by atoms with Crippen molar-refractivity contribution in [2.24, 2.45) is 0 Å². The average molecular weight is 328 g/mol. The number of carboxylic acids is 1. The minimum absolute atomic E-state index is 0.0638. The molecule has 24 heavy (non-hydrogen) atoms. The van der Waals surface area contributed by atoms with Gasteiger partial charge in [-0.3, -0.25) is 0 Å². The molecule has 0 aliphatic rings. The number of carbonyl (C=O) groups is 3. The summed E-state index contributed by atoms with van der Waals surface area (Å²) in [5, 5.41) is 8.78. The summed E-state index contributed by atoms with van der Waals surface area (Å²) in [6, 6.07) is 12.3. The van der Waals surface area contributed by atoms with E-state index in [1.54, 1.807) is 24.3 Å². The number of carboxylic acid groups (broad SMARTS) is 1. The summed E-state index contributed by atoms with van der Waals surface area (Å²) in [4.78, 5) is 34.2. The topological polar surface area (TPSA) is 89.9 Å². The van der Waals surface area contributed by atoms with Gasteiger partial charge in [-0.2, -0.15) is 0 Å². The number of aromatic carboxylic acids is 1. The largest absolute Gasteiger partial charge is 0.478 e. The van der Waals surface area contributed by atoms with E-state index in [0.717, 1.165) is 5.56 Å². The summed E-state index contributed by atoms with van der Waals surface area (Å²) in [5.41, 5.74) is 1.77. The third-order valence-electron chi connectivity index (χ3n) is 3.20. The second-order valence-corrected chi connectivity index (χ2v) is 5.02. The fraction of sp³-hybridized carbons (Fsp3) is 0.167. The van der Waals surface area contributed by atoms with Gasteiger partial charge >= 0.3 is 17.9 Å². The maximum atomic E-state index is 11.8. The van der Waals surface area contributed by atoms with Crippen molar-refractivity contribution in [3.63, 3.8) is 0 Å². The maximum absolute atomic E-state index is 11.8. The first-order chi connectivity index (χ1) is 11.5. The van der Waals surface area contributed by atoms with Gasteiger partial charge in [-0.25, -0.2) is 14.4 Å². The molecule has 2 rings (SSSR count). The zero-order chi connectivity index (χ0) is 17.5. The van der Waals surface area contributed by atoms with E-state index in [1.807, 2.05) is 6.92 Å². The quantitative estimate of drug-likeness (QED) is 0.648. The van der Waals surface area contributed by atoms with Crippen molar-refractivity contribution in [1.82, 2.24) is 0 Å². The highest BCUT2D eigenvalue weighted by Crippen LogP contribution is 2.07. The van der Waals surface area contributed by atoms with Crippen molar-refractivity contribution in [3.8, 4) is 0 Å². The number of hydrogen-bond acceptors (Lipinski definition) is 5. The number of benzene rings is 2. The van der Waals surface area contributed by atoms with Crippen LogP contribution in [0.1, 0.15) is 36.6 Å². The van der Waals surface area contributed by atoms with E-state index in [-0.39, 0.29) is 24.3 Å². The third-order valence-corrected chi connectivity index (χ3v) is 3.20. The van der Waals surface area contributed by atoms with E-state index >= 15 is 0 Å². The molecule has 0 fully saturated rings. The van der Waals surface area contributed by atoms with Gasteiger partial charge in [0.1, 0.15) is 13.2 Å². The van der Waals surface area contributed by atoms with Crippen molar-refractivity contribution in [2.45, 2.75) is 6.92 Å². The Labute approximate surface area is 138 Å². The van der Waals surface area contributed by atoms with Crippen LogP contribution in [0, 0.1) is 6.92 Å². The highest BCUT2D eigenvalue weighted by Gasteiger charge is 2.10. The summed E-state index contributed by atoms with van der Waals surface area (Å²) in [6.07, 6.45) is 0. The van der Waals surface area contributed by atoms with E-state index in [2.05, 4.69) is 0 Å². The molecule has 0 atom stereocenters. The Bertz CT molecular complexity index is 731. The van der Waals surface area contributed by atoms with Crippen LogP contribution in [0.15, 0.2) is 48.5 Å². The van der Waals surface area contributed by atoms with Crippen LogP contribution in [0.4, 0.5) is 0 Å². The summed E-state index contributed by atoms with van der Waals surface area (Å²) in [5.74, 6) is -2.17. The molecule has 0 radical (unpaired) electrons. The van der Waals surface area contributed by atoms with E-state index in [9.17, 15) is 14.4 Å². The van der Waals surface area contributed by atoms with E-state index in [1.165, 1.54) is 24.3 Å². The molecule has 2 aromatic rings. The molecule has 0 saturated heterocycles. The number of ether oxygens (including phenoxy) is 2. The fourth-order valence-corrected chi connectivity index (χ4v) is 1.87. The smallest absolute Gasteiger partial charge is 0.338 e. The molecule has 0 heterocycles. The predicted octanol–water partition coefficient (Wildman–Crippen LogP) is 2.71. The number of rotatable bonds is 6. The highest BCUT2D eigenvalue weighted by molar-refractivity contribution is 5.92. The van der Waals surface area contributed by atoms with Gasteiger partial charge in [0.2, 0.25) is 0 Å². The number of carbonyl (C=O) groups excluding carboxylic acids is 2. The number of esters is 2. The molecule has 1 N–H and O–H groups in total. The highest BCUT2D eigenvalue weighted by atomic mass is 16.6. The van der Waals surface area contributed by atoms with Gasteiger partial charge in [0.25, 0.3) is 0 Å². The Morgan fingerprint density at radius 3 is 1.54 bits per heavy atom. The lowest BCUT2D eigenvalue weighted by Crippen LogP contribution is -2.14. The zero-order valence-corrected chi connectivity index (χ0v) is 13.0. The Morgan fingerprint density at radius 2 is 1.12 bits per heavy atom. The minimum atomic E-state index is -1.07. The van der Waals surface area contributed by atoms with Gasteiger partial charge in [0, 0.05) is 0 Å². The van der Waals surface area contributed by atoms with Crippen LogP contribution in [0.3, 0.4) is 0 Å². The second kappa shape index (κ2) is 7.92. The molecule has 0 spiro atoms. The minimum Gasteiger partial charge on any atom is -0.478 e. The number of hydrogen-bond donors (Lipinski definition) is 1. The Hall–Kier alpha value is -3.15. The van der Waals surface area contributed by atoms with Crippen LogP contribution in [-0.4, -0.2) is 36.2 Å². The lowest BCUT2D eigenvalue weighted by Gasteiger charge is -2.07. The van der Waals surface area contributed by atoms with Gasteiger partial charge in [0.05, 0.1) is 16.7 Å². The van der Waals surface area contributed by atoms with E-state index in [4.69, 9.17) is 14.6 Å². The first-order valence-electron chi connectivity index (χ1n) is 7.21. The summed E-state index contributed by atoms with van der Waals surface area (Å²) in [6.45, 7) is 1.76. The maximum Gasteiger partial charge on any atom is 0.338 e. The molecular formula is C18H16O6. The molecule has 0 saturated carbocycles. The Balaban J connectivity index is 1.77. The Morgan fingerprint density at radius 1 is 0.750 bits per heavy atom. The van der Waals surface area contributed by atoms with Crippen molar-refractivity contribution in [2.75, 3.05) is 13.2 Å². The van der Waals surface area contributed by atoms with Gasteiger partial charge in [-0.15, -0.1) is 0 Å². The zero-order valence-electron chi connectivity index (χ0n) is 13.0. The van der Waals surface area contributed by atoms with E-state index < -0.39 is 17.9 Å². The lowest BCUT2D eigenvalue weighted by molar-refractivity contribution is 0.0265. The van der Waals surface area contributed by atoms with Crippen LogP contribution in [0.5, 0.6) is 0 Å². The van der Waals surface area contributed by atoms with Gasteiger partial charge < -0.3 is 14.6 Å². The molecular weight excluding hydrogens is 312 g/mol.